The van der Waals surface area contributed by atoms with E-state index in [0.717, 1.165) is 16.0 Å². The van der Waals surface area contributed by atoms with Crippen LogP contribution in [0.15, 0.2) is 47.6 Å². The van der Waals surface area contributed by atoms with Crippen LogP contribution in [-0.2, 0) is 0 Å². The van der Waals surface area contributed by atoms with Crippen molar-refractivity contribution in [3.05, 3.63) is 59.2 Å². The first kappa shape index (κ1) is 10.5. The van der Waals surface area contributed by atoms with Gasteiger partial charge in [0.05, 0.1) is 5.69 Å². The van der Waals surface area contributed by atoms with Crippen LogP contribution in [0.2, 0.25) is 0 Å². The Labute approximate surface area is 94.3 Å². The molecule has 1 N–H and O–H groups in total. The molecule has 2 aromatic rings. The lowest BCUT2D eigenvalue weighted by atomic mass is 10.2. The molecule has 0 aliphatic carbocycles. The molecular weight excluding hydrogens is 200 g/mol. The van der Waals surface area contributed by atoms with Crippen molar-refractivity contribution in [1.82, 2.24) is 4.73 Å². The van der Waals surface area contributed by atoms with Gasteiger partial charge in [0.25, 0.3) is 0 Å². The smallest absolute Gasteiger partial charge is 0.168 e. The van der Waals surface area contributed by atoms with E-state index in [2.05, 4.69) is 4.99 Å². The van der Waals surface area contributed by atoms with Crippen LogP contribution in [0, 0.1) is 13.8 Å². The molecular formula is C13H14N2O. The van der Waals surface area contributed by atoms with Gasteiger partial charge in [-0.05, 0) is 37.6 Å². The third-order valence-corrected chi connectivity index (χ3v) is 2.33. The first-order chi connectivity index (χ1) is 7.65. The largest absolute Gasteiger partial charge is 0.427 e. The van der Waals surface area contributed by atoms with Crippen LogP contribution in [-0.4, -0.2) is 9.94 Å². The molecule has 0 aliphatic rings. The highest BCUT2D eigenvalue weighted by molar-refractivity contribution is 5.38. The van der Waals surface area contributed by atoms with Gasteiger partial charge in [0.1, 0.15) is 0 Å². The fourth-order valence-corrected chi connectivity index (χ4v) is 1.42. The van der Waals surface area contributed by atoms with Gasteiger partial charge in [0.15, 0.2) is 5.49 Å². The van der Waals surface area contributed by atoms with Crippen LogP contribution < -0.4 is 5.49 Å². The van der Waals surface area contributed by atoms with E-state index in [4.69, 9.17) is 0 Å². The first-order valence-corrected chi connectivity index (χ1v) is 5.15. The van der Waals surface area contributed by atoms with Gasteiger partial charge in [0.2, 0.25) is 0 Å². The number of aromatic nitrogens is 1. The molecule has 16 heavy (non-hydrogen) atoms. The first-order valence-electron chi connectivity index (χ1n) is 5.15. The predicted molar refractivity (Wildman–Crippen MR) is 62.8 cm³/mol. The Balaban J connectivity index is 2.47. The van der Waals surface area contributed by atoms with Gasteiger partial charge in [-0.25, -0.2) is 4.99 Å². The van der Waals surface area contributed by atoms with Crippen LogP contribution >= 0.6 is 0 Å². The molecule has 2 rings (SSSR count). The zero-order valence-corrected chi connectivity index (χ0v) is 9.38. The number of pyridine rings is 1. The van der Waals surface area contributed by atoms with E-state index in [9.17, 15) is 5.21 Å². The van der Waals surface area contributed by atoms with Crippen molar-refractivity contribution in [3.63, 3.8) is 0 Å². The second-order valence-corrected chi connectivity index (χ2v) is 3.86. The number of aryl methyl sites for hydroxylation is 2. The minimum Gasteiger partial charge on any atom is -0.427 e. The summed E-state index contributed by atoms with van der Waals surface area (Å²) in [6, 6.07) is 11.5. The predicted octanol–water partition coefficient (Wildman–Crippen LogP) is 2.57. The molecule has 3 heteroatoms. The Kier molecular flexibility index (Phi) is 2.77. The van der Waals surface area contributed by atoms with Crippen LogP contribution in [0.3, 0.4) is 0 Å². The Hall–Kier alpha value is -2.03. The molecule has 0 atom stereocenters. The Morgan fingerprint density at radius 2 is 1.56 bits per heavy atom. The van der Waals surface area contributed by atoms with Crippen LogP contribution in [0.1, 0.15) is 11.1 Å². The Morgan fingerprint density at radius 3 is 2.19 bits per heavy atom. The molecule has 1 heterocycles. The van der Waals surface area contributed by atoms with Crippen molar-refractivity contribution in [2.24, 2.45) is 4.99 Å². The summed E-state index contributed by atoms with van der Waals surface area (Å²) in [6.07, 6.45) is 1.63. The van der Waals surface area contributed by atoms with Gasteiger partial charge in [0, 0.05) is 6.20 Å². The summed E-state index contributed by atoms with van der Waals surface area (Å²) < 4.78 is 1.04. The van der Waals surface area contributed by atoms with Gasteiger partial charge in [-0.3, -0.25) is 0 Å². The van der Waals surface area contributed by atoms with E-state index in [1.165, 1.54) is 5.56 Å². The fourth-order valence-electron chi connectivity index (χ4n) is 1.42. The molecule has 82 valence electrons. The summed E-state index contributed by atoms with van der Waals surface area (Å²) in [5, 5.41) is 9.63. The average Bonchev–Trinajstić information content (AvgIpc) is 2.25. The van der Waals surface area contributed by atoms with Crippen molar-refractivity contribution in [2.75, 3.05) is 0 Å². The summed E-state index contributed by atoms with van der Waals surface area (Å²) in [4.78, 5) is 4.34. The second-order valence-electron chi connectivity index (χ2n) is 3.86. The van der Waals surface area contributed by atoms with E-state index in [-0.39, 0.29) is 0 Å². The van der Waals surface area contributed by atoms with Gasteiger partial charge in [-0.2, -0.15) is 4.73 Å². The maximum absolute atomic E-state index is 9.63. The van der Waals surface area contributed by atoms with Crippen molar-refractivity contribution in [3.8, 4) is 0 Å². The zero-order valence-electron chi connectivity index (χ0n) is 9.38. The minimum atomic E-state index is 0.523. The summed E-state index contributed by atoms with van der Waals surface area (Å²) in [7, 11) is 0. The molecule has 0 unspecified atom stereocenters. The topological polar surface area (TPSA) is 37.5 Å². The van der Waals surface area contributed by atoms with E-state index < -0.39 is 0 Å². The third kappa shape index (κ3) is 2.31. The van der Waals surface area contributed by atoms with Crippen LogP contribution in [0.25, 0.3) is 0 Å². The van der Waals surface area contributed by atoms with Gasteiger partial charge in [-0.1, -0.05) is 23.8 Å². The van der Waals surface area contributed by atoms with Gasteiger partial charge < -0.3 is 5.21 Å². The highest BCUT2D eigenvalue weighted by Gasteiger charge is 1.92. The van der Waals surface area contributed by atoms with Gasteiger partial charge >= 0.3 is 0 Å². The van der Waals surface area contributed by atoms with E-state index in [0.29, 0.717) is 5.49 Å². The average molecular weight is 214 g/mol. The SMILES string of the molecule is Cc1ccc(N=c2ccc(C)cn2O)cc1. The molecule has 0 radical (unpaired) electrons. The summed E-state index contributed by atoms with van der Waals surface area (Å²) >= 11 is 0. The normalized spacial score (nSPS) is 11.8. The molecule has 1 aromatic carbocycles. The van der Waals surface area contributed by atoms with Gasteiger partial charge in [-0.15, -0.1) is 0 Å². The van der Waals surface area contributed by atoms with Crippen molar-refractivity contribution in [1.29, 1.82) is 0 Å². The molecule has 0 aliphatic heterocycles. The number of hydrogen-bond acceptors (Lipinski definition) is 2. The highest BCUT2D eigenvalue weighted by atomic mass is 16.5. The minimum absolute atomic E-state index is 0.523. The summed E-state index contributed by atoms with van der Waals surface area (Å²) in [5.74, 6) is 0. The number of rotatable bonds is 1. The summed E-state index contributed by atoms with van der Waals surface area (Å²) in [6.45, 7) is 3.95. The molecule has 1 aromatic heterocycles. The lowest BCUT2D eigenvalue weighted by molar-refractivity contribution is 0.172. The number of benzene rings is 1. The van der Waals surface area contributed by atoms with Crippen molar-refractivity contribution in [2.45, 2.75) is 13.8 Å². The van der Waals surface area contributed by atoms with E-state index in [1.54, 1.807) is 12.3 Å². The monoisotopic (exact) mass is 214 g/mol. The Morgan fingerprint density at radius 1 is 0.938 bits per heavy atom. The molecule has 0 saturated heterocycles. The maximum Gasteiger partial charge on any atom is 0.168 e. The van der Waals surface area contributed by atoms with Crippen LogP contribution in [0.5, 0.6) is 0 Å². The molecule has 0 fully saturated rings. The molecule has 3 nitrogen and oxygen atoms in total. The Bertz CT molecular complexity index is 553. The third-order valence-electron chi connectivity index (χ3n) is 2.33. The molecule has 0 amide bonds. The molecule has 0 spiro atoms. The second kappa shape index (κ2) is 4.23. The fraction of sp³-hybridized carbons (Fsp3) is 0.154. The van der Waals surface area contributed by atoms with E-state index in [1.807, 2.05) is 44.2 Å². The quantitative estimate of drug-likeness (QED) is 0.728. The zero-order chi connectivity index (χ0) is 11.5. The number of nitrogens with zero attached hydrogens (tertiary/aromatic N) is 2. The lowest BCUT2D eigenvalue weighted by Gasteiger charge is -2.00. The van der Waals surface area contributed by atoms with Crippen LogP contribution in [0.4, 0.5) is 5.69 Å². The van der Waals surface area contributed by atoms with Crippen molar-refractivity contribution < 1.29 is 5.21 Å². The summed E-state index contributed by atoms with van der Waals surface area (Å²) in [5.41, 5.74) is 3.54. The maximum atomic E-state index is 9.63. The standard InChI is InChI=1S/C13H14N2O/c1-10-3-6-12(7-4-10)14-13-8-5-11(2)9-15(13)16/h3-9,16H,1-2H3. The van der Waals surface area contributed by atoms with Crippen molar-refractivity contribution >= 4 is 5.69 Å². The lowest BCUT2D eigenvalue weighted by Crippen LogP contribution is -2.17. The molecule has 0 saturated carbocycles. The van der Waals surface area contributed by atoms with E-state index >= 15 is 0 Å². The number of hydrogen-bond donors (Lipinski definition) is 1. The highest BCUT2D eigenvalue weighted by Crippen LogP contribution is 2.11. The molecule has 0 bridgehead atoms.